The molecule has 0 radical (unpaired) electrons. The molecule has 100 valence electrons. The first kappa shape index (κ1) is 14.1. The Labute approximate surface area is 123 Å². The average Bonchev–Trinajstić information content (AvgIpc) is 2.87. The molecule has 1 amide bonds. The van der Waals surface area contributed by atoms with Crippen molar-refractivity contribution in [2.45, 2.75) is 19.9 Å². The fraction of sp³-hybridized carbons (Fsp3) is 0.231. The van der Waals surface area contributed by atoms with E-state index in [4.69, 9.17) is 0 Å². The number of benzene rings is 1. The number of carbonyl (C=O) groups is 1. The van der Waals surface area contributed by atoms with Crippen LogP contribution in [0.1, 0.15) is 27.2 Å². The lowest BCUT2D eigenvalue weighted by Crippen LogP contribution is -2.23. The van der Waals surface area contributed by atoms with E-state index in [0.717, 1.165) is 11.4 Å². The van der Waals surface area contributed by atoms with Gasteiger partial charge in [0.25, 0.3) is 5.91 Å². The van der Waals surface area contributed by atoms with Crippen molar-refractivity contribution < 1.29 is 9.18 Å². The van der Waals surface area contributed by atoms with Crippen LogP contribution in [-0.4, -0.2) is 10.9 Å². The number of carbonyl (C=O) groups excluding carboxylic acids is 1. The van der Waals surface area contributed by atoms with Crippen LogP contribution in [0.25, 0.3) is 0 Å². The molecule has 0 aliphatic rings. The molecule has 1 aromatic heterocycles. The summed E-state index contributed by atoms with van der Waals surface area (Å²) in [5.41, 5.74) is 0.285. The molecule has 19 heavy (non-hydrogen) atoms. The van der Waals surface area contributed by atoms with E-state index in [1.807, 2.05) is 6.20 Å². The summed E-state index contributed by atoms with van der Waals surface area (Å²) in [5, 5.41) is 3.58. The normalized spacial score (nSPS) is 10.5. The zero-order valence-corrected chi connectivity index (χ0v) is 12.6. The number of nitrogens with one attached hydrogen (secondary N) is 1. The fourth-order valence-electron chi connectivity index (χ4n) is 1.52. The summed E-state index contributed by atoms with van der Waals surface area (Å²) in [6.45, 7) is 2.41. The highest BCUT2D eigenvalue weighted by Crippen LogP contribution is 2.20. The summed E-state index contributed by atoms with van der Waals surface area (Å²) in [6, 6.07) is 4.38. The second-order valence-corrected chi connectivity index (χ2v) is 5.85. The molecule has 0 fully saturated rings. The van der Waals surface area contributed by atoms with Crippen molar-refractivity contribution in [3.05, 3.63) is 50.1 Å². The molecule has 2 rings (SSSR count). The monoisotopic (exact) mass is 342 g/mol. The van der Waals surface area contributed by atoms with Gasteiger partial charge in [-0.2, -0.15) is 0 Å². The molecule has 0 aliphatic carbocycles. The zero-order valence-electron chi connectivity index (χ0n) is 10.2. The van der Waals surface area contributed by atoms with Crippen LogP contribution >= 0.6 is 27.3 Å². The predicted molar refractivity (Wildman–Crippen MR) is 76.8 cm³/mol. The van der Waals surface area contributed by atoms with E-state index in [9.17, 15) is 9.18 Å². The number of thiazole rings is 1. The minimum absolute atomic E-state index is 0.181. The van der Waals surface area contributed by atoms with Crippen LogP contribution < -0.4 is 5.32 Å². The summed E-state index contributed by atoms with van der Waals surface area (Å²) in [4.78, 5) is 17.3. The number of aromatic nitrogens is 1. The molecule has 0 spiro atoms. The smallest absolute Gasteiger partial charge is 0.252 e. The molecule has 6 heteroatoms. The van der Waals surface area contributed by atoms with Gasteiger partial charge in [-0.05, 0) is 34.5 Å². The Balaban J connectivity index is 2.03. The van der Waals surface area contributed by atoms with Gasteiger partial charge >= 0.3 is 0 Å². The van der Waals surface area contributed by atoms with Crippen LogP contribution in [-0.2, 0) is 13.0 Å². The Morgan fingerprint density at radius 3 is 3.00 bits per heavy atom. The summed E-state index contributed by atoms with van der Waals surface area (Å²) >= 11 is 4.64. The highest BCUT2D eigenvalue weighted by atomic mass is 79.9. The molecule has 0 bridgehead atoms. The van der Waals surface area contributed by atoms with Crippen molar-refractivity contribution in [1.29, 1.82) is 0 Å². The number of amides is 1. The standard InChI is InChI=1S/C13H12BrFN2OS/c1-2-8-6-16-11(19-8)7-17-13(18)9-4-3-5-10(15)12(9)14/h3-6H,2,7H2,1H3,(H,17,18). The molecule has 3 nitrogen and oxygen atoms in total. The van der Waals surface area contributed by atoms with Crippen LogP contribution in [0.15, 0.2) is 28.9 Å². The number of hydrogen-bond acceptors (Lipinski definition) is 3. The summed E-state index contributed by atoms with van der Waals surface area (Å²) in [6.07, 6.45) is 2.74. The number of rotatable bonds is 4. The van der Waals surface area contributed by atoms with Gasteiger partial charge in [0.15, 0.2) is 0 Å². The maximum atomic E-state index is 13.3. The quantitative estimate of drug-likeness (QED) is 0.923. The van der Waals surface area contributed by atoms with Crippen LogP contribution in [0.4, 0.5) is 4.39 Å². The minimum Gasteiger partial charge on any atom is -0.345 e. The van der Waals surface area contributed by atoms with Crippen molar-refractivity contribution in [3.8, 4) is 0 Å². The lowest BCUT2D eigenvalue weighted by molar-refractivity contribution is 0.0949. The van der Waals surface area contributed by atoms with E-state index in [0.29, 0.717) is 6.54 Å². The summed E-state index contributed by atoms with van der Waals surface area (Å²) < 4.78 is 13.5. The van der Waals surface area contributed by atoms with Crippen LogP contribution in [0.5, 0.6) is 0 Å². The van der Waals surface area contributed by atoms with Crippen LogP contribution in [0.2, 0.25) is 0 Å². The van der Waals surface area contributed by atoms with Crippen molar-refractivity contribution in [3.63, 3.8) is 0 Å². The molecule has 0 aliphatic heterocycles. The fourth-order valence-corrected chi connectivity index (χ4v) is 2.77. The lowest BCUT2D eigenvalue weighted by Gasteiger charge is -2.05. The highest BCUT2D eigenvalue weighted by molar-refractivity contribution is 9.10. The zero-order chi connectivity index (χ0) is 13.8. The van der Waals surface area contributed by atoms with Crippen molar-refractivity contribution in [2.24, 2.45) is 0 Å². The van der Waals surface area contributed by atoms with E-state index in [-0.39, 0.29) is 15.9 Å². The molecule has 1 aromatic carbocycles. The molecule has 2 aromatic rings. The van der Waals surface area contributed by atoms with Gasteiger partial charge in [0.2, 0.25) is 0 Å². The van der Waals surface area contributed by atoms with Gasteiger partial charge in [-0.25, -0.2) is 9.37 Å². The lowest BCUT2D eigenvalue weighted by atomic mass is 10.2. The third-order valence-corrected chi connectivity index (χ3v) is 4.49. The molecule has 0 saturated heterocycles. The third kappa shape index (κ3) is 3.39. The maximum absolute atomic E-state index is 13.3. The first-order valence-electron chi connectivity index (χ1n) is 5.77. The van der Waals surface area contributed by atoms with Gasteiger partial charge < -0.3 is 5.32 Å². The number of hydrogen-bond donors (Lipinski definition) is 1. The number of halogens is 2. The van der Waals surface area contributed by atoms with E-state index in [2.05, 4.69) is 33.2 Å². The molecule has 1 heterocycles. The van der Waals surface area contributed by atoms with Gasteiger partial charge in [0.1, 0.15) is 10.8 Å². The summed E-state index contributed by atoms with van der Waals surface area (Å²) in [5.74, 6) is -0.769. The summed E-state index contributed by atoms with van der Waals surface area (Å²) in [7, 11) is 0. The van der Waals surface area contributed by atoms with Crippen LogP contribution in [0.3, 0.4) is 0 Å². The second-order valence-electron chi connectivity index (χ2n) is 3.86. The topological polar surface area (TPSA) is 42.0 Å². The Morgan fingerprint density at radius 1 is 1.53 bits per heavy atom. The average molecular weight is 343 g/mol. The van der Waals surface area contributed by atoms with E-state index in [1.165, 1.54) is 17.0 Å². The van der Waals surface area contributed by atoms with Crippen molar-refractivity contribution >= 4 is 33.2 Å². The van der Waals surface area contributed by atoms with Gasteiger partial charge in [-0.1, -0.05) is 13.0 Å². The molecule has 0 atom stereocenters. The van der Waals surface area contributed by atoms with Gasteiger partial charge in [-0.15, -0.1) is 11.3 Å². The Bertz CT molecular complexity index is 600. The number of aryl methyl sites for hydroxylation is 1. The predicted octanol–water partition coefficient (Wildman–Crippen LogP) is 3.54. The SMILES string of the molecule is CCc1cnc(CNC(=O)c2cccc(F)c2Br)s1. The van der Waals surface area contributed by atoms with E-state index < -0.39 is 5.82 Å². The minimum atomic E-state index is -0.449. The third-order valence-electron chi connectivity index (χ3n) is 2.55. The Kier molecular flexibility index (Phi) is 4.66. The van der Waals surface area contributed by atoms with Gasteiger partial charge in [0.05, 0.1) is 16.6 Å². The molecule has 1 N–H and O–H groups in total. The molecule has 0 unspecified atom stereocenters. The second kappa shape index (κ2) is 6.25. The van der Waals surface area contributed by atoms with Crippen LogP contribution in [0, 0.1) is 5.82 Å². The molecular weight excluding hydrogens is 331 g/mol. The Morgan fingerprint density at radius 2 is 2.32 bits per heavy atom. The first-order valence-corrected chi connectivity index (χ1v) is 7.38. The molecular formula is C13H12BrFN2OS. The van der Waals surface area contributed by atoms with E-state index in [1.54, 1.807) is 17.4 Å². The maximum Gasteiger partial charge on any atom is 0.252 e. The van der Waals surface area contributed by atoms with Gasteiger partial charge in [0, 0.05) is 11.1 Å². The molecule has 0 saturated carbocycles. The first-order chi connectivity index (χ1) is 9.11. The van der Waals surface area contributed by atoms with Crippen molar-refractivity contribution in [2.75, 3.05) is 0 Å². The number of nitrogens with zero attached hydrogens (tertiary/aromatic N) is 1. The largest absolute Gasteiger partial charge is 0.345 e. The van der Waals surface area contributed by atoms with Gasteiger partial charge in [-0.3, -0.25) is 4.79 Å². The Hall–Kier alpha value is -1.27. The highest BCUT2D eigenvalue weighted by Gasteiger charge is 2.13. The van der Waals surface area contributed by atoms with Crippen molar-refractivity contribution in [1.82, 2.24) is 10.3 Å². The van der Waals surface area contributed by atoms with E-state index >= 15 is 0 Å².